The van der Waals surface area contributed by atoms with Crippen molar-refractivity contribution >= 4 is 22.7 Å². The van der Waals surface area contributed by atoms with Gasteiger partial charge in [0.25, 0.3) is 5.91 Å². The van der Waals surface area contributed by atoms with E-state index >= 15 is 0 Å². The van der Waals surface area contributed by atoms with Crippen molar-refractivity contribution in [1.82, 2.24) is 10.3 Å². The Morgan fingerprint density at radius 3 is 2.31 bits per heavy atom. The van der Waals surface area contributed by atoms with Crippen LogP contribution in [-0.2, 0) is 17.8 Å². The van der Waals surface area contributed by atoms with E-state index in [1.807, 2.05) is 84.9 Å². The molecule has 0 aliphatic carbocycles. The molecule has 160 valence electrons. The SMILES string of the molecule is NC(=O)[C@@H](Cc1ccc(OCc2ccccc2)cc1)NC(=O)c1ccc2ccccc2n1. The number of rotatable bonds is 8. The molecule has 32 heavy (non-hydrogen) atoms. The predicted octanol–water partition coefficient (Wildman–Crippen LogP) is 3.64. The van der Waals surface area contributed by atoms with Crippen LogP contribution in [0, 0.1) is 0 Å². The van der Waals surface area contributed by atoms with E-state index < -0.39 is 17.9 Å². The van der Waals surface area contributed by atoms with E-state index in [2.05, 4.69) is 10.3 Å². The van der Waals surface area contributed by atoms with Crippen molar-refractivity contribution in [3.63, 3.8) is 0 Å². The second kappa shape index (κ2) is 9.75. The predicted molar refractivity (Wildman–Crippen MR) is 123 cm³/mol. The van der Waals surface area contributed by atoms with Gasteiger partial charge in [0, 0.05) is 11.8 Å². The monoisotopic (exact) mass is 425 g/mol. The molecule has 2 amide bonds. The van der Waals surface area contributed by atoms with Crippen molar-refractivity contribution < 1.29 is 14.3 Å². The number of para-hydroxylation sites is 1. The van der Waals surface area contributed by atoms with Gasteiger partial charge in [-0.3, -0.25) is 9.59 Å². The van der Waals surface area contributed by atoms with Crippen LogP contribution in [0.25, 0.3) is 10.9 Å². The van der Waals surface area contributed by atoms with Gasteiger partial charge in [0.05, 0.1) is 5.52 Å². The molecule has 6 heteroatoms. The van der Waals surface area contributed by atoms with Crippen molar-refractivity contribution in [2.45, 2.75) is 19.1 Å². The summed E-state index contributed by atoms with van der Waals surface area (Å²) in [5.41, 5.74) is 8.42. The van der Waals surface area contributed by atoms with Crippen molar-refractivity contribution in [3.05, 3.63) is 108 Å². The Balaban J connectivity index is 1.39. The number of pyridine rings is 1. The second-order valence-electron chi connectivity index (χ2n) is 7.44. The molecule has 0 bridgehead atoms. The zero-order valence-electron chi connectivity index (χ0n) is 17.4. The molecule has 1 aromatic heterocycles. The molecular formula is C26H23N3O3. The van der Waals surface area contributed by atoms with Crippen molar-refractivity contribution in [2.24, 2.45) is 5.73 Å². The van der Waals surface area contributed by atoms with Crippen LogP contribution >= 0.6 is 0 Å². The lowest BCUT2D eigenvalue weighted by Crippen LogP contribution is -2.46. The summed E-state index contributed by atoms with van der Waals surface area (Å²) >= 11 is 0. The normalized spacial score (nSPS) is 11.6. The fourth-order valence-corrected chi connectivity index (χ4v) is 3.35. The molecule has 0 aliphatic heterocycles. The van der Waals surface area contributed by atoms with Crippen LogP contribution in [0.15, 0.2) is 91.0 Å². The number of amides is 2. The van der Waals surface area contributed by atoms with Crippen molar-refractivity contribution in [2.75, 3.05) is 0 Å². The Kier molecular flexibility index (Phi) is 6.41. The Labute approximate surface area is 186 Å². The van der Waals surface area contributed by atoms with Gasteiger partial charge in [-0.2, -0.15) is 0 Å². The first-order valence-corrected chi connectivity index (χ1v) is 10.3. The number of nitrogens with two attached hydrogens (primary N) is 1. The molecular weight excluding hydrogens is 402 g/mol. The van der Waals surface area contributed by atoms with Crippen LogP contribution in [0.5, 0.6) is 5.75 Å². The van der Waals surface area contributed by atoms with Gasteiger partial charge in [0.15, 0.2) is 0 Å². The lowest BCUT2D eigenvalue weighted by molar-refractivity contribution is -0.119. The first kappa shape index (κ1) is 21.1. The molecule has 1 heterocycles. The minimum atomic E-state index is -0.855. The topological polar surface area (TPSA) is 94.3 Å². The van der Waals surface area contributed by atoms with Crippen LogP contribution in [0.3, 0.4) is 0 Å². The van der Waals surface area contributed by atoms with E-state index in [-0.39, 0.29) is 12.1 Å². The highest BCUT2D eigenvalue weighted by Gasteiger charge is 2.20. The molecule has 0 aliphatic rings. The van der Waals surface area contributed by atoms with Gasteiger partial charge in [-0.05, 0) is 35.4 Å². The summed E-state index contributed by atoms with van der Waals surface area (Å²) in [5, 5.41) is 3.64. The van der Waals surface area contributed by atoms with E-state index in [0.29, 0.717) is 12.1 Å². The lowest BCUT2D eigenvalue weighted by atomic mass is 10.0. The molecule has 0 spiro atoms. The number of fused-ring (bicyclic) bond motifs is 1. The number of nitrogens with zero attached hydrogens (tertiary/aromatic N) is 1. The maximum absolute atomic E-state index is 12.7. The molecule has 4 aromatic rings. The minimum absolute atomic E-state index is 0.236. The summed E-state index contributed by atoms with van der Waals surface area (Å²) in [6.45, 7) is 0.471. The third-order valence-corrected chi connectivity index (χ3v) is 5.09. The van der Waals surface area contributed by atoms with E-state index in [0.717, 1.165) is 22.3 Å². The third kappa shape index (κ3) is 5.29. The minimum Gasteiger partial charge on any atom is -0.489 e. The average Bonchev–Trinajstić information content (AvgIpc) is 2.83. The summed E-state index contributed by atoms with van der Waals surface area (Å²) in [6, 6.07) is 27.4. The van der Waals surface area contributed by atoms with Gasteiger partial charge in [-0.1, -0.05) is 66.7 Å². The standard InChI is InChI=1S/C26H23N3O3/c27-25(30)24(29-26(31)23-15-12-20-8-4-5-9-22(20)28-23)16-18-10-13-21(14-11-18)32-17-19-6-2-1-3-7-19/h1-15,24H,16-17H2,(H2,27,30)(H,29,31)/t24-/m1/s1. The van der Waals surface area contributed by atoms with Crippen LogP contribution in [0.1, 0.15) is 21.6 Å². The van der Waals surface area contributed by atoms with Crippen molar-refractivity contribution in [1.29, 1.82) is 0 Å². The van der Waals surface area contributed by atoms with Gasteiger partial charge in [-0.25, -0.2) is 4.98 Å². The van der Waals surface area contributed by atoms with Gasteiger partial charge >= 0.3 is 0 Å². The summed E-state index contributed by atoms with van der Waals surface area (Å²) < 4.78 is 5.79. The maximum Gasteiger partial charge on any atom is 0.270 e. The Bertz CT molecular complexity index is 1220. The molecule has 0 radical (unpaired) electrons. The quantitative estimate of drug-likeness (QED) is 0.451. The number of benzene rings is 3. The van der Waals surface area contributed by atoms with Crippen LogP contribution < -0.4 is 15.8 Å². The summed E-state index contributed by atoms with van der Waals surface area (Å²) in [5.74, 6) is -0.330. The molecule has 6 nitrogen and oxygen atoms in total. The fraction of sp³-hybridized carbons (Fsp3) is 0.115. The summed E-state index contributed by atoms with van der Waals surface area (Å²) in [7, 11) is 0. The Hall–Kier alpha value is -4.19. The highest BCUT2D eigenvalue weighted by Crippen LogP contribution is 2.16. The largest absolute Gasteiger partial charge is 0.489 e. The van der Waals surface area contributed by atoms with Crippen LogP contribution in [0.2, 0.25) is 0 Å². The zero-order chi connectivity index (χ0) is 22.3. The first-order valence-electron chi connectivity index (χ1n) is 10.3. The van der Waals surface area contributed by atoms with Gasteiger partial charge in [0.2, 0.25) is 5.91 Å². The van der Waals surface area contributed by atoms with Gasteiger partial charge in [-0.15, -0.1) is 0 Å². The first-order chi connectivity index (χ1) is 15.6. The number of primary amides is 1. The van der Waals surface area contributed by atoms with Crippen LogP contribution in [0.4, 0.5) is 0 Å². The molecule has 3 aromatic carbocycles. The van der Waals surface area contributed by atoms with Gasteiger partial charge in [0.1, 0.15) is 24.1 Å². The number of carbonyl (C=O) groups is 2. The van der Waals surface area contributed by atoms with E-state index in [1.54, 1.807) is 6.07 Å². The highest BCUT2D eigenvalue weighted by atomic mass is 16.5. The fourth-order valence-electron chi connectivity index (χ4n) is 3.35. The maximum atomic E-state index is 12.7. The molecule has 0 fully saturated rings. The molecule has 4 rings (SSSR count). The number of nitrogens with one attached hydrogen (secondary N) is 1. The number of aromatic nitrogens is 1. The molecule has 0 saturated carbocycles. The number of carbonyl (C=O) groups excluding carboxylic acids is 2. The summed E-state index contributed by atoms with van der Waals surface area (Å²) in [6.07, 6.45) is 0.271. The Morgan fingerprint density at radius 2 is 1.56 bits per heavy atom. The molecule has 0 unspecified atom stereocenters. The number of ether oxygens (including phenoxy) is 1. The average molecular weight is 425 g/mol. The molecule has 3 N–H and O–H groups in total. The van der Waals surface area contributed by atoms with E-state index in [1.165, 1.54) is 0 Å². The van der Waals surface area contributed by atoms with Gasteiger partial charge < -0.3 is 15.8 Å². The van der Waals surface area contributed by atoms with E-state index in [9.17, 15) is 9.59 Å². The number of hydrogen-bond acceptors (Lipinski definition) is 4. The highest BCUT2D eigenvalue weighted by molar-refractivity contribution is 5.97. The molecule has 0 saturated heterocycles. The Morgan fingerprint density at radius 1 is 0.844 bits per heavy atom. The third-order valence-electron chi connectivity index (χ3n) is 5.09. The van der Waals surface area contributed by atoms with Crippen molar-refractivity contribution in [3.8, 4) is 5.75 Å². The zero-order valence-corrected chi connectivity index (χ0v) is 17.4. The smallest absolute Gasteiger partial charge is 0.270 e. The van der Waals surface area contributed by atoms with E-state index in [4.69, 9.17) is 10.5 Å². The molecule has 1 atom stereocenters. The summed E-state index contributed by atoms with van der Waals surface area (Å²) in [4.78, 5) is 29.0. The number of hydrogen-bond donors (Lipinski definition) is 2. The van der Waals surface area contributed by atoms with Crippen LogP contribution in [-0.4, -0.2) is 22.8 Å². The lowest BCUT2D eigenvalue weighted by Gasteiger charge is -2.16. The second-order valence-corrected chi connectivity index (χ2v) is 7.44.